The van der Waals surface area contributed by atoms with E-state index in [1.165, 1.54) is 12.7 Å². The van der Waals surface area contributed by atoms with Gasteiger partial charge in [0.2, 0.25) is 10.0 Å². The van der Waals surface area contributed by atoms with Gasteiger partial charge in [-0.25, -0.2) is 33.2 Å². The summed E-state index contributed by atoms with van der Waals surface area (Å²) in [5.74, 6) is 0.366. The number of nitrogens with two attached hydrogens (primary N) is 1. The van der Waals surface area contributed by atoms with Crippen LogP contribution in [-0.4, -0.2) is 33.2 Å². The summed E-state index contributed by atoms with van der Waals surface area (Å²) < 4.78 is 24.4. The van der Waals surface area contributed by atoms with Crippen LogP contribution in [0.1, 0.15) is 11.1 Å². The zero-order valence-electron chi connectivity index (χ0n) is 15.9. The van der Waals surface area contributed by atoms with Gasteiger partial charge in [0.1, 0.15) is 24.8 Å². The van der Waals surface area contributed by atoms with E-state index in [2.05, 4.69) is 25.4 Å². The number of hydrogen-bond donors (Lipinski definition) is 2. The third-order valence-electron chi connectivity index (χ3n) is 4.27. The highest BCUT2D eigenvalue weighted by molar-refractivity contribution is 7.88. The van der Waals surface area contributed by atoms with E-state index in [-0.39, 0.29) is 5.75 Å². The quantitative estimate of drug-likeness (QED) is 0.468. The normalized spacial score (nSPS) is 11.4. The lowest BCUT2D eigenvalue weighted by Gasteiger charge is -2.09. The van der Waals surface area contributed by atoms with Crippen molar-refractivity contribution in [3.05, 3.63) is 84.7 Å². The van der Waals surface area contributed by atoms with Gasteiger partial charge in [0.05, 0.1) is 18.0 Å². The number of nitrogens with one attached hydrogen (secondary N) is 1. The molecule has 4 aromatic rings. The van der Waals surface area contributed by atoms with Crippen LogP contribution in [0.5, 0.6) is 0 Å². The van der Waals surface area contributed by atoms with Crippen LogP contribution in [0.25, 0.3) is 11.3 Å². The maximum absolute atomic E-state index is 11.3. The van der Waals surface area contributed by atoms with Crippen molar-refractivity contribution in [1.29, 1.82) is 0 Å². The molecular weight excluding hydrogens is 402 g/mol. The summed E-state index contributed by atoms with van der Waals surface area (Å²) in [4.78, 5) is 12.6. The summed E-state index contributed by atoms with van der Waals surface area (Å²) in [6.07, 6.45) is 4.66. The number of anilines is 2. The summed E-state index contributed by atoms with van der Waals surface area (Å²) in [5.41, 5.74) is 4.08. The van der Waals surface area contributed by atoms with Crippen molar-refractivity contribution < 1.29 is 8.42 Å². The Morgan fingerprint density at radius 1 is 0.967 bits per heavy atom. The maximum atomic E-state index is 11.3. The van der Waals surface area contributed by atoms with E-state index < -0.39 is 10.0 Å². The Hall–Kier alpha value is -3.63. The van der Waals surface area contributed by atoms with Crippen molar-refractivity contribution in [2.75, 3.05) is 5.32 Å². The molecule has 152 valence electrons. The Morgan fingerprint density at radius 3 is 2.60 bits per heavy atom. The third-order valence-corrected chi connectivity index (χ3v) is 5.00. The molecule has 0 fully saturated rings. The van der Waals surface area contributed by atoms with Crippen molar-refractivity contribution in [2.24, 2.45) is 5.14 Å². The van der Waals surface area contributed by atoms with E-state index in [0.717, 1.165) is 16.8 Å². The van der Waals surface area contributed by atoms with Crippen LogP contribution in [0.2, 0.25) is 0 Å². The highest BCUT2D eigenvalue weighted by Crippen LogP contribution is 2.23. The number of nitrogens with zero attached hydrogens (tertiary/aromatic N) is 5. The number of benzene rings is 2. The molecule has 0 radical (unpaired) electrons. The molecule has 0 bridgehead atoms. The standard InChI is InChI=1S/C20H19N7O2S/c21-30(28,29)11-16-4-2-6-18(8-16)26-20-9-19(23-13-24-20)17-5-1-3-15(7-17)10-27-14-22-12-25-27/h1-9,12-14H,10-11H2,(H2,21,28,29)(H,23,24,26). The summed E-state index contributed by atoms with van der Waals surface area (Å²) in [6, 6.07) is 16.9. The molecule has 2 aromatic carbocycles. The number of aromatic nitrogens is 5. The van der Waals surface area contributed by atoms with Gasteiger partial charge in [-0.05, 0) is 29.3 Å². The predicted octanol–water partition coefficient (Wildman–Crippen LogP) is 2.32. The molecule has 10 heteroatoms. The van der Waals surface area contributed by atoms with E-state index in [0.29, 0.717) is 23.6 Å². The summed E-state index contributed by atoms with van der Waals surface area (Å²) in [6.45, 7) is 0.612. The first-order valence-corrected chi connectivity index (χ1v) is 10.8. The van der Waals surface area contributed by atoms with E-state index in [1.807, 2.05) is 36.4 Å². The first-order chi connectivity index (χ1) is 14.4. The molecule has 0 saturated carbocycles. The van der Waals surface area contributed by atoms with Crippen LogP contribution in [0.15, 0.2) is 73.6 Å². The second-order valence-corrected chi connectivity index (χ2v) is 8.33. The van der Waals surface area contributed by atoms with Gasteiger partial charge < -0.3 is 5.32 Å². The molecule has 0 spiro atoms. The van der Waals surface area contributed by atoms with Crippen molar-refractivity contribution in [2.45, 2.75) is 12.3 Å². The smallest absolute Gasteiger partial charge is 0.213 e. The van der Waals surface area contributed by atoms with E-state index in [4.69, 9.17) is 5.14 Å². The molecule has 4 rings (SSSR count). The molecule has 2 aromatic heterocycles. The first kappa shape index (κ1) is 19.7. The molecule has 30 heavy (non-hydrogen) atoms. The van der Waals surface area contributed by atoms with Crippen molar-refractivity contribution >= 4 is 21.5 Å². The van der Waals surface area contributed by atoms with Crippen molar-refractivity contribution in [3.8, 4) is 11.3 Å². The SMILES string of the molecule is NS(=O)(=O)Cc1cccc(Nc2cc(-c3cccc(Cn4cncn4)c3)ncn2)c1. The molecule has 0 saturated heterocycles. The van der Waals surface area contributed by atoms with Crippen LogP contribution in [-0.2, 0) is 22.3 Å². The van der Waals surface area contributed by atoms with E-state index >= 15 is 0 Å². The van der Waals surface area contributed by atoms with Crippen LogP contribution in [0.3, 0.4) is 0 Å². The largest absolute Gasteiger partial charge is 0.340 e. The zero-order chi connectivity index (χ0) is 21.0. The van der Waals surface area contributed by atoms with Crippen molar-refractivity contribution in [1.82, 2.24) is 24.7 Å². The lowest BCUT2D eigenvalue weighted by atomic mass is 10.1. The molecule has 0 atom stereocenters. The summed E-state index contributed by atoms with van der Waals surface area (Å²) in [7, 11) is -3.60. The molecular formula is C20H19N7O2S. The second kappa shape index (κ2) is 8.39. The van der Waals surface area contributed by atoms with Crippen LogP contribution in [0.4, 0.5) is 11.5 Å². The van der Waals surface area contributed by atoms with Crippen LogP contribution in [0, 0.1) is 0 Å². The van der Waals surface area contributed by atoms with E-state index in [1.54, 1.807) is 29.2 Å². The maximum Gasteiger partial charge on any atom is 0.213 e. The Labute approximate surface area is 173 Å². The molecule has 0 unspecified atom stereocenters. The lowest BCUT2D eigenvalue weighted by Crippen LogP contribution is -2.14. The Balaban J connectivity index is 1.54. The minimum atomic E-state index is -3.60. The fourth-order valence-electron chi connectivity index (χ4n) is 3.03. The summed E-state index contributed by atoms with van der Waals surface area (Å²) >= 11 is 0. The fourth-order valence-corrected chi connectivity index (χ4v) is 3.68. The number of hydrogen-bond acceptors (Lipinski definition) is 7. The third kappa shape index (κ3) is 5.25. The van der Waals surface area contributed by atoms with Gasteiger partial charge in [0.15, 0.2) is 0 Å². The monoisotopic (exact) mass is 421 g/mol. The minimum absolute atomic E-state index is 0.226. The van der Waals surface area contributed by atoms with E-state index in [9.17, 15) is 8.42 Å². The van der Waals surface area contributed by atoms with Gasteiger partial charge in [-0.3, -0.25) is 0 Å². The Morgan fingerprint density at radius 2 is 1.80 bits per heavy atom. The highest BCUT2D eigenvalue weighted by atomic mass is 32.2. The van der Waals surface area contributed by atoms with Gasteiger partial charge in [-0.15, -0.1) is 0 Å². The minimum Gasteiger partial charge on any atom is -0.340 e. The Kier molecular flexibility index (Phi) is 5.50. The Bertz CT molecular complexity index is 1260. The molecule has 0 aliphatic carbocycles. The average molecular weight is 421 g/mol. The molecule has 0 aliphatic rings. The molecule has 3 N–H and O–H groups in total. The highest BCUT2D eigenvalue weighted by Gasteiger charge is 2.07. The van der Waals surface area contributed by atoms with Crippen LogP contribution >= 0.6 is 0 Å². The average Bonchev–Trinajstić information content (AvgIpc) is 3.20. The lowest BCUT2D eigenvalue weighted by molar-refractivity contribution is 0.597. The molecule has 9 nitrogen and oxygen atoms in total. The van der Waals surface area contributed by atoms with Crippen LogP contribution < -0.4 is 10.5 Å². The topological polar surface area (TPSA) is 129 Å². The van der Waals surface area contributed by atoms with Gasteiger partial charge in [-0.2, -0.15) is 5.10 Å². The molecule has 2 heterocycles. The molecule has 0 aliphatic heterocycles. The predicted molar refractivity (Wildman–Crippen MR) is 113 cm³/mol. The first-order valence-electron chi connectivity index (χ1n) is 9.05. The number of primary sulfonamides is 1. The zero-order valence-corrected chi connectivity index (χ0v) is 16.7. The number of sulfonamides is 1. The summed E-state index contributed by atoms with van der Waals surface area (Å²) in [5, 5.41) is 12.4. The van der Waals surface area contributed by atoms with Gasteiger partial charge in [0, 0.05) is 17.3 Å². The molecule has 0 amide bonds. The van der Waals surface area contributed by atoms with Gasteiger partial charge in [-0.1, -0.05) is 30.3 Å². The number of rotatable bonds is 7. The fraction of sp³-hybridized carbons (Fsp3) is 0.100. The van der Waals surface area contributed by atoms with Gasteiger partial charge in [0.25, 0.3) is 0 Å². The van der Waals surface area contributed by atoms with Crippen molar-refractivity contribution in [3.63, 3.8) is 0 Å². The second-order valence-electron chi connectivity index (χ2n) is 6.71. The van der Waals surface area contributed by atoms with Gasteiger partial charge >= 0.3 is 0 Å².